The number of hydrogen-bond acceptors (Lipinski definition) is 4. The van der Waals surface area contributed by atoms with Gasteiger partial charge < -0.3 is 9.64 Å². The van der Waals surface area contributed by atoms with Gasteiger partial charge in [-0.3, -0.25) is 9.20 Å². The number of thiazole rings is 1. The molecule has 7 heteroatoms. The molecule has 4 rings (SSSR count). The van der Waals surface area contributed by atoms with E-state index < -0.39 is 0 Å². The summed E-state index contributed by atoms with van der Waals surface area (Å²) in [6.07, 6.45) is 2.77. The van der Waals surface area contributed by atoms with Crippen LogP contribution in [0.5, 0.6) is 0 Å². The number of benzene rings is 1. The number of fused-ring (bicyclic) bond motifs is 1. The van der Waals surface area contributed by atoms with Gasteiger partial charge in [-0.05, 0) is 18.6 Å². The van der Waals surface area contributed by atoms with Crippen LogP contribution in [0.3, 0.4) is 0 Å². The van der Waals surface area contributed by atoms with Gasteiger partial charge in [0.2, 0.25) is 0 Å². The monoisotopic (exact) mass is 361 g/mol. The number of ether oxygens (including phenoxy) is 1. The highest BCUT2D eigenvalue weighted by Gasteiger charge is 2.27. The molecule has 0 aliphatic carbocycles. The Morgan fingerprint density at radius 3 is 3.12 bits per heavy atom. The molecule has 1 atom stereocenters. The first-order valence-electron chi connectivity index (χ1n) is 7.71. The van der Waals surface area contributed by atoms with Gasteiger partial charge in [-0.2, -0.15) is 0 Å². The average molecular weight is 362 g/mol. The maximum Gasteiger partial charge on any atom is 0.271 e. The highest BCUT2D eigenvalue weighted by Crippen LogP contribution is 2.26. The Kier molecular flexibility index (Phi) is 4.04. The van der Waals surface area contributed by atoms with E-state index in [-0.39, 0.29) is 11.9 Å². The van der Waals surface area contributed by atoms with Crippen LogP contribution in [0.2, 0.25) is 5.02 Å². The fraction of sp³-hybridized carbons (Fsp3) is 0.294. The molecular formula is C17H16ClN3O2S. The van der Waals surface area contributed by atoms with Gasteiger partial charge in [-0.1, -0.05) is 23.7 Å². The molecule has 1 unspecified atom stereocenters. The van der Waals surface area contributed by atoms with Crippen LogP contribution in [-0.4, -0.2) is 46.5 Å². The van der Waals surface area contributed by atoms with Crippen molar-refractivity contribution < 1.29 is 9.53 Å². The Balaban J connectivity index is 1.68. The molecular weight excluding hydrogens is 346 g/mol. The predicted molar refractivity (Wildman–Crippen MR) is 94.8 cm³/mol. The van der Waals surface area contributed by atoms with Gasteiger partial charge in [-0.25, -0.2) is 4.98 Å². The number of carbonyl (C=O) groups is 1. The molecule has 1 aromatic carbocycles. The lowest BCUT2D eigenvalue weighted by Gasteiger charge is -2.22. The first-order chi connectivity index (χ1) is 11.6. The number of aromatic nitrogens is 2. The van der Waals surface area contributed by atoms with E-state index in [2.05, 4.69) is 4.98 Å². The second-order valence-corrected chi connectivity index (χ2v) is 7.12. The fourth-order valence-corrected chi connectivity index (χ4v) is 3.94. The second kappa shape index (κ2) is 6.20. The lowest BCUT2D eigenvalue weighted by Crippen LogP contribution is -2.37. The maximum atomic E-state index is 12.8. The molecule has 0 radical (unpaired) electrons. The third kappa shape index (κ3) is 2.70. The summed E-state index contributed by atoms with van der Waals surface area (Å²) in [5, 5.41) is 2.53. The van der Waals surface area contributed by atoms with E-state index in [0.29, 0.717) is 23.9 Å². The van der Waals surface area contributed by atoms with Crippen LogP contribution >= 0.6 is 22.9 Å². The standard InChI is InChI=1S/C17H16ClN3O2S/c1-20(13-5-6-23-9-13)16(22)15-10-24-17-19-14(8-21(15)17)11-3-2-4-12(18)7-11/h2-4,7-8,10,13H,5-6,9H2,1H3. The third-order valence-electron chi connectivity index (χ3n) is 4.32. The van der Waals surface area contributed by atoms with Crippen LogP contribution in [0.25, 0.3) is 16.2 Å². The lowest BCUT2D eigenvalue weighted by molar-refractivity contribution is 0.0704. The third-order valence-corrected chi connectivity index (χ3v) is 5.40. The molecule has 1 fully saturated rings. The van der Waals surface area contributed by atoms with Gasteiger partial charge in [0, 0.05) is 35.8 Å². The zero-order chi connectivity index (χ0) is 16.7. The van der Waals surface area contributed by atoms with E-state index in [9.17, 15) is 4.79 Å². The van der Waals surface area contributed by atoms with E-state index in [4.69, 9.17) is 16.3 Å². The van der Waals surface area contributed by atoms with E-state index in [1.165, 1.54) is 11.3 Å². The number of amides is 1. The van der Waals surface area contributed by atoms with Gasteiger partial charge in [-0.15, -0.1) is 11.3 Å². The van der Waals surface area contributed by atoms with Crippen molar-refractivity contribution in [1.29, 1.82) is 0 Å². The van der Waals surface area contributed by atoms with Crippen LogP contribution in [0.15, 0.2) is 35.8 Å². The van der Waals surface area contributed by atoms with Crippen molar-refractivity contribution in [1.82, 2.24) is 14.3 Å². The average Bonchev–Trinajstić information content (AvgIpc) is 3.29. The van der Waals surface area contributed by atoms with Crippen molar-refractivity contribution in [2.45, 2.75) is 12.5 Å². The number of hydrogen-bond donors (Lipinski definition) is 0. The first kappa shape index (κ1) is 15.6. The van der Waals surface area contributed by atoms with Crippen molar-refractivity contribution in [3.63, 3.8) is 0 Å². The number of rotatable bonds is 3. The van der Waals surface area contributed by atoms with Gasteiger partial charge in [0.25, 0.3) is 5.91 Å². The number of carbonyl (C=O) groups excluding carboxylic acids is 1. The number of imidazole rings is 1. The quantitative estimate of drug-likeness (QED) is 0.716. The van der Waals surface area contributed by atoms with Gasteiger partial charge in [0.15, 0.2) is 4.96 Å². The fourth-order valence-electron chi connectivity index (χ4n) is 2.90. The van der Waals surface area contributed by atoms with Crippen molar-refractivity contribution in [2.24, 2.45) is 0 Å². The van der Waals surface area contributed by atoms with E-state index in [1.54, 1.807) is 4.90 Å². The molecule has 5 nitrogen and oxygen atoms in total. The highest BCUT2D eigenvalue weighted by atomic mass is 35.5. The summed E-state index contributed by atoms with van der Waals surface area (Å²) in [4.78, 5) is 20.0. The van der Waals surface area contributed by atoms with E-state index in [1.807, 2.05) is 47.3 Å². The van der Waals surface area contributed by atoms with Gasteiger partial charge in [0.05, 0.1) is 18.3 Å². The van der Waals surface area contributed by atoms with Crippen LogP contribution in [0, 0.1) is 0 Å². The topological polar surface area (TPSA) is 46.8 Å². The van der Waals surface area contributed by atoms with Crippen molar-refractivity contribution in [3.05, 3.63) is 46.6 Å². The van der Waals surface area contributed by atoms with E-state index in [0.717, 1.165) is 22.6 Å². The summed E-state index contributed by atoms with van der Waals surface area (Å²) in [7, 11) is 1.83. The summed E-state index contributed by atoms with van der Waals surface area (Å²) in [5.74, 6) is -0.00760. The SMILES string of the molecule is CN(C(=O)c1csc2nc(-c3cccc(Cl)c3)cn12)C1CCOC1. The molecule has 3 aromatic rings. The summed E-state index contributed by atoms with van der Waals surface area (Å²) in [5.41, 5.74) is 2.38. The number of halogens is 1. The molecule has 0 saturated carbocycles. The van der Waals surface area contributed by atoms with Crippen LogP contribution in [0.1, 0.15) is 16.9 Å². The molecule has 24 heavy (non-hydrogen) atoms. The minimum atomic E-state index is -0.00760. The molecule has 3 heterocycles. The zero-order valence-electron chi connectivity index (χ0n) is 13.1. The molecule has 1 saturated heterocycles. The molecule has 0 N–H and O–H groups in total. The molecule has 2 aromatic heterocycles. The molecule has 0 spiro atoms. The Labute approximate surface area is 148 Å². The number of likely N-dealkylation sites (N-methyl/N-ethyl adjacent to an activating group) is 1. The van der Waals surface area contributed by atoms with Crippen LogP contribution < -0.4 is 0 Å². The smallest absolute Gasteiger partial charge is 0.271 e. The summed E-state index contributed by atoms with van der Waals surface area (Å²) >= 11 is 7.52. The Morgan fingerprint density at radius 1 is 1.50 bits per heavy atom. The zero-order valence-corrected chi connectivity index (χ0v) is 14.7. The van der Waals surface area contributed by atoms with Crippen molar-refractivity contribution in [3.8, 4) is 11.3 Å². The second-order valence-electron chi connectivity index (χ2n) is 5.84. The minimum Gasteiger partial charge on any atom is -0.379 e. The molecule has 0 bridgehead atoms. The molecule has 1 aliphatic heterocycles. The molecule has 124 valence electrons. The van der Waals surface area contributed by atoms with Gasteiger partial charge >= 0.3 is 0 Å². The Bertz CT molecular complexity index is 898. The molecule has 1 amide bonds. The first-order valence-corrected chi connectivity index (χ1v) is 8.96. The Hall–Kier alpha value is -1.89. The lowest BCUT2D eigenvalue weighted by atomic mass is 10.2. The summed E-state index contributed by atoms with van der Waals surface area (Å²) in [6.45, 7) is 1.32. The summed E-state index contributed by atoms with van der Waals surface area (Å²) in [6, 6.07) is 7.70. The summed E-state index contributed by atoms with van der Waals surface area (Å²) < 4.78 is 7.24. The highest BCUT2D eigenvalue weighted by molar-refractivity contribution is 7.15. The van der Waals surface area contributed by atoms with Crippen LogP contribution in [-0.2, 0) is 4.74 Å². The predicted octanol–water partition coefficient (Wildman–Crippen LogP) is 3.58. The largest absolute Gasteiger partial charge is 0.379 e. The van der Waals surface area contributed by atoms with Crippen molar-refractivity contribution in [2.75, 3.05) is 20.3 Å². The Morgan fingerprint density at radius 2 is 2.38 bits per heavy atom. The van der Waals surface area contributed by atoms with Crippen molar-refractivity contribution >= 4 is 33.8 Å². The van der Waals surface area contributed by atoms with Crippen LogP contribution in [0.4, 0.5) is 0 Å². The van der Waals surface area contributed by atoms with E-state index >= 15 is 0 Å². The number of nitrogens with zero attached hydrogens (tertiary/aromatic N) is 3. The normalized spacial score (nSPS) is 17.5. The molecule has 1 aliphatic rings. The minimum absolute atomic E-state index is 0.00760. The maximum absolute atomic E-state index is 12.8. The van der Waals surface area contributed by atoms with Gasteiger partial charge in [0.1, 0.15) is 5.69 Å².